The minimum Gasteiger partial charge on any atom is -0.494 e. The van der Waals surface area contributed by atoms with Crippen LogP contribution in [-0.4, -0.2) is 46.7 Å². The van der Waals surface area contributed by atoms with E-state index in [1.807, 2.05) is 55.8 Å². The number of aromatic nitrogens is 2. The van der Waals surface area contributed by atoms with E-state index in [-0.39, 0.29) is 18.4 Å². The molecule has 0 saturated heterocycles. The number of nitrogens with zero attached hydrogens (tertiary/aromatic N) is 3. The zero-order chi connectivity index (χ0) is 22.4. The van der Waals surface area contributed by atoms with Gasteiger partial charge in [0, 0.05) is 30.4 Å². The minimum atomic E-state index is -0.297. The maximum absolute atomic E-state index is 12.6. The molecule has 162 valence electrons. The first-order valence-corrected chi connectivity index (χ1v) is 10.3. The fourth-order valence-corrected chi connectivity index (χ4v) is 3.31. The normalized spacial score (nSPS) is 10.6. The lowest BCUT2D eigenvalue weighted by Crippen LogP contribution is -2.38. The lowest BCUT2D eigenvalue weighted by atomic mass is 10.2. The third kappa shape index (κ3) is 5.31. The molecule has 0 fully saturated rings. The Morgan fingerprint density at radius 3 is 2.39 bits per heavy atom. The van der Waals surface area contributed by atoms with E-state index in [2.05, 4.69) is 10.4 Å². The van der Waals surface area contributed by atoms with Crippen molar-refractivity contribution in [3.8, 4) is 11.4 Å². The van der Waals surface area contributed by atoms with Gasteiger partial charge in [0.1, 0.15) is 5.75 Å². The SMILES string of the molecule is CCOc1ccc(C(=O)NCC(=O)N(C)Cc2c(C)nn(-c3ccccc3)c2C)cc1. The maximum Gasteiger partial charge on any atom is 0.251 e. The van der Waals surface area contributed by atoms with Crippen LogP contribution in [0, 0.1) is 13.8 Å². The number of amides is 2. The van der Waals surface area contributed by atoms with Gasteiger partial charge in [-0.05, 0) is 57.2 Å². The average Bonchev–Trinajstić information content (AvgIpc) is 3.06. The van der Waals surface area contributed by atoms with Gasteiger partial charge in [-0.2, -0.15) is 5.10 Å². The number of likely N-dealkylation sites (N-methyl/N-ethyl adjacent to an activating group) is 1. The van der Waals surface area contributed by atoms with Gasteiger partial charge in [-0.15, -0.1) is 0 Å². The first-order valence-electron chi connectivity index (χ1n) is 10.3. The summed E-state index contributed by atoms with van der Waals surface area (Å²) < 4.78 is 7.26. The quantitative estimate of drug-likeness (QED) is 0.607. The monoisotopic (exact) mass is 420 g/mol. The predicted molar refractivity (Wildman–Crippen MR) is 119 cm³/mol. The van der Waals surface area contributed by atoms with Crippen molar-refractivity contribution in [1.82, 2.24) is 20.0 Å². The number of hydrogen-bond acceptors (Lipinski definition) is 4. The molecule has 3 rings (SSSR count). The highest BCUT2D eigenvalue weighted by Gasteiger charge is 2.18. The molecular formula is C24H28N4O3. The molecule has 0 saturated carbocycles. The van der Waals surface area contributed by atoms with Gasteiger partial charge in [-0.1, -0.05) is 18.2 Å². The lowest BCUT2D eigenvalue weighted by molar-refractivity contribution is -0.129. The number of hydrogen-bond donors (Lipinski definition) is 1. The molecule has 0 aliphatic heterocycles. The zero-order valence-corrected chi connectivity index (χ0v) is 18.4. The van der Waals surface area contributed by atoms with Crippen LogP contribution < -0.4 is 10.1 Å². The highest BCUT2D eigenvalue weighted by atomic mass is 16.5. The van der Waals surface area contributed by atoms with Gasteiger partial charge in [-0.3, -0.25) is 9.59 Å². The molecule has 31 heavy (non-hydrogen) atoms. The van der Waals surface area contributed by atoms with Crippen LogP contribution in [0.3, 0.4) is 0 Å². The van der Waals surface area contributed by atoms with E-state index in [1.165, 1.54) is 0 Å². The summed E-state index contributed by atoms with van der Waals surface area (Å²) >= 11 is 0. The van der Waals surface area contributed by atoms with Gasteiger partial charge in [0.2, 0.25) is 5.91 Å². The fraction of sp³-hybridized carbons (Fsp3) is 0.292. The summed E-state index contributed by atoms with van der Waals surface area (Å²) in [7, 11) is 1.73. The number of aryl methyl sites for hydroxylation is 1. The number of para-hydroxylation sites is 1. The number of nitrogens with one attached hydrogen (secondary N) is 1. The number of benzene rings is 2. The molecule has 2 aromatic carbocycles. The molecule has 0 aliphatic rings. The molecule has 0 atom stereocenters. The van der Waals surface area contributed by atoms with E-state index in [0.29, 0.717) is 24.5 Å². The van der Waals surface area contributed by atoms with Gasteiger partial charge < -0.3 is 15.0 Å². The Morgan fingerprint density at radius 1 is 1.06 bits per heavy atom. The molecule has 0 aliphatic carbocycles. The van der Waals surface area contributed by atoms with Crippen molar-refractivity contribution < 1.29 is 14.3 Å². The Kier molecular flexibility index (Phi) is 7.07. The summed E-state index contributed by atoms with van der Waals surface area (Å²) in [4.78, 5) is 26.5. The van der Waals surface area contributed by atoms with E-state index in [1.54, 1.807) is 36.2 Å². The standard InChI is InChI=1S/C24H28N4O3/c1-5-31-21-13-11-19(12-14-21)24(30)25-15-23(29)27(4)16-22-17(2)26-28(18(22)3)20-9-7-6-8-10-20/h6-14H,5,15-16H2,1-4H3,(H,25,30). The van der Waals surface area contributed by atoms with E-state index < -0.39 is 0 Å². The molecular weight excluding hydrogens is 392 g/mol. The smallest absolute Gasteiger partial charge is 0.251 e. The third-order valence-corrected chi connectivity index (χ3v) is 5.09. The number of carbonyl (C=O) groups is 2. The topological polar surface area (TPSA) is 76.5 Å². The molecule has 0 spiro atoms. The Bertz CT molecular complexity index is 1040. The summed E-state index contributed by atoms with van der Waals surface area (Å²) in [6.45, 7) is 6.74. The Hall–Kier alpha value is -3.61. The van der Waals surface area contributed by atoms with Gasteiger partial charge in [-0.25, -0.2) is 4.68 Å². The number of ether oxygens (including phenoxy) is 1. The minimum absolute atomic E-state index is 0.0759. The van der Waals surface area contributed by atoms with Crippen molar-refractivity contribution in [3.05, 3.63) is 77.1 Å². The highest BCUT2D eigenvalue weighted by Crippen LogP contribution is 2.19. The van der Waals surface area contributed by atoms with Crippen LogP contribution in [-0.2, 0) is 11.3 Å². The van der Waals surface area contributed by atoms with E-state index >= 15 is 0 Å². The molecule has 0 bridgehead atoms. The Labute approximate surface area is 182 Å². The fourth-order valence-electron chi connectivity index (χ4n) is 3.31. The summed E-state index contributed by atoms with van der Waals surface area (Å²) in [6, 6.07) is 16.7. The van der Waals surface area contributed by atoms with Gasteiger partial charge >= 0.3 is 0 Å². The third-order valence-electron chi connectivity index (χ3n) is 5.09. The molecule has 1 N–H and O–H groups in total. The molecule has 7 heteroatoms. The van der Waals surface area contributed by atoms with Crippen LogP contribution in [0.1, 0.15) is 34.2 Å². The van der Waals surface area contributed by atoms with Crippen LogP contribution in [0.5, 0.6) is 5.75 Å². The second-order valence-electron chi connectivity index (χ2n) is 7.29. The highest BCUT2D eigenvalue weighted by molar-refractivity contribution is 5.96. The summed E-state index contributed by atoms with van der Waals surface area (Å²) in [5.41, 5.74) is 4.32. The molecule has 7 nitrogen and oxygen atoms in total. The first kappa shape index (κ1) is 22.1. The Balaban J connectivity index is 1.59. The number of carbonyl (C=O) groups excluding carboxylic acids is 2. The second kappa shape index (κ2) is 9.93. The summed E-state index contributed by atoms with van der Waals surface area (Å²) in [5.74, 6) is 0.233. The van der Waals surface area contributed by atoms with E-state index in [4.69, 9.17) is 4.74 Å². The second-order valence-corrected chi connectivity index (χ2v) is 7.29. The summed E-state index contributed by atoms with van der Waals surface area (Å²) in [6.07, 6.45) is 0. The lowest BCUT2D eigenvalue weighted by Gasteiger charge is -2.18. The van der Waals surface area contributed by atoms with Crippen molar-refractivity contribution in [1.29, 1.82) is 0 Å². The van der Waals surface area contributed by atoms with Gasteiger partial charge in [0.25, 0.3) is 5.91 Å². The van der Waals surface area contributed by atoms with Crippen molar-refractivity contribution >= 4 is 11.8 Å². The molecule has 1 aromatic heterocycles. The maximum atomic E-state index is 12.6. The van der Waals surface area contributed by atoms with Crippen LogP contribution in [0.4, 0.5) is 0 Å². The number of rotatable bonds is 8. The van der Waals surface area contributed by atoms with Gasteiger partial charge in [0.15, 0.2) is 0 Å². The molecule has 1 heterocycles. The van der Waals surface area contributed by atoms with Crippen LogP contribution in [0.15, 0.2) is 54.6 Å². The predicted octanol–water partition coefficient (Wildman–Crippen LogP) is 3.28. The van der Waals surface area contributed by atoms with E-state index in [0.717, 1.165) is 22.6 Å². The van der Waals surface area contributed by atoms with Gasteiger partial charge in [0.05, 0.1) is 24.5 Å². The first-order chi connectivity index (χ1) is 14.9. The van der Waals surface area contributed by atoms with Crippen LogP contribution in [0.25, 0.3) is 5.69 Å². The molecule has 2 amide bonds. The van der Waals surface area contributed by atoms with E-state index in [9.17, 15) is 9.59 Å². The van der Waals surface area contributed by atoms with Crippen molar-refractivity contribution in [3.63, 3.8) is 0 Å². The van der Waals surface area contributed by atoms with Crippen LogP contribution >= 0.6 is 0 Å². The zero-order valence-electron chi connectivity index (χ0n) is 18.4. The Morgan fingerprint density at radius 2 is 1.74 bits per heavy atom. The van der Waals surface area contributed by atoms with Crippen molar-refractivity contribution in [2.45, 2.75) is 27.3 Å². The average molecular weight is 421 g/mol. The van der Waals surface area contributed by atoms with Crippen LogP contribution in [0.2, 0.25) is 0 Å². The molecule has 0 unspecified atom stereocenters. The largest absolute Gasteiger partial charge is 0.494 e. The van der Waals surface area contributed by atoms with Crippen molar-refractivity contribution in [2.24, 2.45) is 0 Å². The molecule has 0 radical (unpaired) electrons. The van der Waals surface area contributed by atoms with Crippen molar-refractivity contribution in [2.75, 3.05) is 20.2 Å². The summed E-state index contributed by atoms with van der Waals surface area (Å²) in [5, 5.41) is 7.31. The molecule has 3 aromatic rings.